The van der Waals surface area contributed by atoms with Crippen molar-refractivity contribution in [2.45, 2.75) is 86.3 Å². The SMILES string of the molecule is CO[C@H]1O[C@H](COC(=O)N[C@H]2CNC(=O)CCNC(=O)[C@@H](NC(=O)OC[C@H]3O[C@H](OC)[C@H](O)[C@@H](O)[C@H]3O)CNC(=O)CCNC2=O)[C@@H](O)[C@H](O)[C@@H]1O. The smallest absolute Gasteiger partial charge is 0.407 e. The molecule has 0 aromatic heterocycles. The summed E-state index contributed by atoms with van der Waals surface area (Å²) in [5.41, 5.74) is 0. The Morgan fingerprint density at radius 2 is 0.981 bits per heavy atom. The second-order valence-electron chi connectivity index (χ2n) is 11.8. The van der Waals surface area contributed by atoms with E-state index in [-0.39, 0.29) is 25.9 Å². The van der Waals surface area contributed by atoms with E-state index >= 15 is 0 Å². The van der Waals surface area contributed by atoms with Crippen LogP contribution in [0.1, 0.15) is 12.8 Å². The largest absolute Gasteiger partial charge is 0.447 e. The second kappa shape index (κ2) is 20.3. The van der Waals surface area contributed by atoms with E-state index in [1.54, 1.807) is 0 Å². The van der Waals surface area contributed by atoms with Gasteiger partial charge in [0, 0.05) is 53.2 Å². The second-order valence-corrected chi connectivity index (χ2v) is 11.8. The highest BCUT2D eigenvalue weighted by Gasteiger charge is 2.45. The highest BCUT2D eigenvalue weighted by Crippen LogP contribution is 2.23. The Hall–Kier alpha value is -3.98. The standard InChI is InChI=1S/C28H46N6O18/c1-47-25-21(41)19(39)17(37)13(51-25)9-49-27(45)33-11-7-31-15(35)4-6-30-24(44)12(8-32-16(36)3-5-29-23(11)43)34-28(46)50-10-14-18(38)20(40)22(42)26(48-2)52-14/h11-14,17-22,25-26,37-42H,3-10H2,1-2H3,(H,29,43)(H,30,44)(H,31,35)(H,32,36)(H,33,45)(H,34,46)/t11-,12-,13+,14+,17-,18+,19-,20-,21+,22-,25-,26-/m0/s1. The van der Waals surface area contributed by atoms with Crippen LogP contribution in [0, 0.1) is 0 Å². The number of amides is 6. The van der Waals surface area contributed by atoms with Gasteiger partial charge in [-0.1, -0.05) is 0 Å². The molecule has 0 aromatic rings. The van der Waals surface area contributed by atoms with Crippen molar-refractivity contribution in [3.8, 4) is 0 Å². The molecular weight excluding hydrogens is 708 g/mol. The zero-order chi connectivity index (χ0) is 38.5. The monoisotopic (exact) mass is 754 g/mol. The lowest BCUT2D eigenvalue weighted by molar-refractivity contribution is -0.294. The van der Waals surface area contributed by atoms with Gasteiger partial charge in [0.2, 0.25) is 23.6 Å². The molecule has 3 heterocycles. The summed E-state index contributed by atoms with van der Waals surface area (Å²) in [5.74, 6) is -2.99. The summed E-state index contributed by atoms with van der Waals surface area (Å²) >= 11 is 0. The molecule has 296 valence electrons. The van der Waals surface area contributed by atoms with Crippen LogP contribution in [0.5, 0.6) is 0 Å². The van der Waals surface area contributed by atoms with Crippen molar-refractivity contribution in [2.75, 3.05) is 53.6 Å². The maximum atomic E-state index is 12.9. The van der Waals surface area contributed by atoms with Gasteiger partial charge >= 0.3 is 12.2 Å². The molecule has 6 amide bonds. The molecule has 3 aliphatic rings. The number of aliphatic hydroxyl groups is 6. The first-order valence-electron chi connectivity index (χ1n) is 16.1. The molecule has 0 aromatic carbocycles. The molecule has 0 unspecified atom stereocenters. The number of rotatable bonds is 8. The van der Waals surface area contributed by atoms with E-state index in [4.69, 9.17) is 28.4 Å². The molecule has 0 aliphatic carbocycles. The molecule has 24 nitrogen and oxygen atoms in total. The van der Waals surface area contributed by atoms with Crippen LogP contribution in [0.2, 0.25) is 0 Å². The molecule has 3 rings (SSSR count). The zero-order valence-electron chi connectivity index (χ0n) is 28.2. The van der Waals surface area contributed by atoms with Gasteiger partial charge in [-0.25, -0.2) is 9.59 Å². The Bertz CT molecular complexity index is 1150. The molecule has 3 aliphatic heterocycles. The Morgan fingerprint density at radius 1 is 0.615 bits per heavy atom. The summed E-state index contributed by atoms with van der Waals surface area (Å²) in [6.07, 6.45) is -18.1. The van der Waals surface area contributed by atoms with E-state index in [9.17, 15) is 59.4 Å². The minimum absolute atomic E-state index is 0.272. The van der Waals surface area contributed by atoms with E-state index < -0.39 is 136 Å². The fraction of sp³-hybridized carbons (Fsp3) is 0.786. The van der Waals surface area contributed by atoms with Crippen molar-refractivity contribution < 1.29 is 87.8 Å². The quantitative estimate of drug-likeness (QED) is 0.109. The number of hydrogen-bond acceptors (Lipinski definition) is 18. The Morgan fingerprint density at radius 3 is 1.33 bits per heavy atom. The van der Waals surface area contributed by atoms with Crippen LogP contribution in [-0.4, -0.2) is 194 Å². The van der Waals surface area contributed by atoms with Crippen molar-refractivity contribution >= 4 is 35.8 Å². The van der Waals surface area contributed by atoms with Gasteiger partial charge < -0.3 is 91.0 Å². The number of aliphatic hydroxyl groups excluding tert-OH is 6. The van der Waals surface area contributed by atoms with Crippen LogP contribution in [0.15, 0.2) is 0 Å². The third kappa shape index (κ3) is 12.0. The van der Waals surface area contributed by atoms with E-state index in [1.807, 2.05) is 0 Å². The lowest BCUT2D eigenvalue weighted by Gasteiger charge is -2.39. The lowest BCUT2D eigenvalue weighted by atomic mass is 9.99. The molecule has 24 heteroatoms. The Balaban J connectivity index is 1.53. The van der Waals surface area contributed by atoms with Gasteiger partial charge in [0.15, 0.2) is 12.6 Å². The van der Waals surface area contributed by atoms with Crippen LogP contribution in [0.25, 0.3) is 0 Å². The number of methoxy groups -OCH3 is 2. The predicted molar refractivity (Wildman–Crippen MR) is 165 cm³/mol. The summed E-state index contributed by atoms with van der Waals surface area (Å²) in [6.45, 7) is -2.73. The highest BCUT2D eigenvalue weighted by molar-refractivity contribution is 5.89. The normalized spacial score (nSPS) is 35.5. The molecule has 12 N–H and O–H groups in total. The van der Waals surface area contributed by atoms with Crippen molar-refractivity contribution in [1.82, 2.24) is 31.9 Å². The molecule has 3 saturated heterocycles. The fourth-order valence-corrected chi connectivity index (χ4v) is 5.05. The number of carbonyl (C=O) groups is 6. The van der Waals surface area contributed by atoms with Crippen LogP contribution in [-0.2, 0) is 47.6 Å². The molecule has 52 heavy (non-hydrogen) atoms. The summed E-state index contributed by atoms with van der Waals surface area (Å²) in [7, 11) is 2.36. The van der Waals surface area contributed by atoms with E-state index in [2.05, 4.69) is 31.9 Å². The Labute approximate surface area is 295 Å². The molecule has 0 spiro atoms. The topological polar surface area (TPSA) is 351 Å². The maximum Gasteiger partial charge on any atom is 0.407 e. The minimum atomic E-state index is -1.67. The van der Waals surface area contributed by atoms with Crippen LogP contribution >= 0.6 is 0 Å². The van der Waals surface area contributed by atoms with Gasteiger partial charge in [-0.05, 0) is 0 Å². The van der Waals surface area contributed by atoms with Crippen molar-refractivity contribution in [2.24, 2.45) is 0 Å². The summed E-state index contributed by atoms with van der Waals surface area (Å²) in [5, 5.41) is 74.1. The van der Waals surface area contributed by atoms with Crippen LogP contribution in [0.3, 0.4) is 0 Å². The van der Waals surface area contributed by atoms with Crippen molar-refractivity contribution in [3.63, 3.8) is 0 Å². The van der Waals surface area contributed by atoms with Crippen molar-refractivity contribution in [1.29, 1.82) is 0 Å². The lowest BCUT2D eigenvalue weighted by Crippen LogP contribution is -2.59. The predicted octanol–water partition coefficient (Wildman–Crippen LogP) is -7.66. The molecule has 12 atom stereocenters. The third-order valence-electron chi connectivity index (χ3n) is 8.09. The van der Waals surface area contributed by atoms with Gasteiger partial charge in [0.25, 0.3) is 0 Å². The molecule has 3 fully saturated rings. The number of nitrogens with one attached hydrogen (secondary N) is 6. The first-order chi connectivity index (χ1) is 24.7. The van der Waals surface area contributed by atoms with E-state index in [0.717, 1.165) is 0 Å². The first kappa shape index (κ1) is 42.4. The maximum absolute atomic E-state index is 12.9. The Kier molecular flexibility index (Phi) is 16.6. The highest BCUT2D eigenvalue weighted by atomic mass is 16.7. The zero-order valence-corrected chi connectivity index (χ0v) is 28.2. The number of alkyl carbamates (subject to hydrolysis) is 2. The fourth-order valence-electron chi connectivity index (χ4n) is 5.05. The van der Waals surface area contributed by atoms with Gasteiger partial charge in [-0.2, -0.15) is 0 Å². The minimum Gasteiger partial charge on any atom is -0.447 e. The first-order valence-corrected chi connectivity index (χ1v) is 16.1. The summed E-state index contributed by atoms with van der Waals surface area (Å²) in [4.78, 5) is 75.8. The summed E-state index contributed by atoms with van der Waals surface area (Å²) in [6, 6.07) is -2.85. The average Bonchev–Trinajstić information content (AvgIpc) is 3.11. The van der Waals surface area contributed by atoms with Gasteiger partial charge in [0.05, 0.1) is 0 Å². The van der Waals surface area contributed by atoms with Gasteiger partial charge in [-0.3, -0.25) is 19.2 Å². The molecule has 0 saturated carbocycles. The van der Waals surface area contributed by atoms with Gasteiger partial charge in [-0.15, -0.1) is 0 Å². The third-order valence-corrected chi connectivity index (χ3v) is 8.09. The number of carbonyl (C=O) groups excluding carboxylic acids is 6. The van der Waals surface area contributed by atoms with Crippen molar-refractivity contribution in [3.05, 3.63) is 0 Å². The summed E-state index contributed by atoms with van der Waals surface area (Å²) < 4.78 is 30.4. The van der Waals surface area contributed by atoms with Crippen LogP contribution in [0.4, 0.5) is 9.59 Å². The molecule has 0 radical (unpaired) electrons. The van der Waals surface area contributed by atoms with E-state index in [0.29, 0.717) is 0 Å². The number of ether oxygens (including phenoxy) is 6. The molecule has 0 bridgehead atoms. The molecular formula is C28H46N6O18. The number of hydrogen-bond donors (Lipinski definition) is 12. The van der Waals surface area contributed by atoms with E-state index in [1.165, 1.54) is 14.2 Å². The van der Waals surface area contributed by atoms with Gasteiger partial charge in [0.1, 0.15) is 74.1 Å². The average molecular weight is 755 g/mol. The van der Waals surface area contributed by atoms with Crippen LogP contribution < -0.4 is 31.9 Å².